The Balaban J connectivity index is 1.98. The molecule has 0 N–H and O–H groups in total. The number of pyridine rings is 1. The van der Waals surface area contributed by atoms with Gasteiger partial charge in [-0.3, -0.25) is 9.59 Å². The van der Waals surface area contributed by atoms with Crippen LogP contribution in [-0.2, 0) is 0 Å². The van der Waals surface area contributed by atoms with Crippen LogP contribution in [0.4, 0.5) is 0 Å². The minimum absolute atomic E-state index is 0.0133. The summed E-state index contributed by atoms with van der Waals surface area (Å²) in [5, 5.41) is 0.690. The van der Waals surface area contributed by atoms with Crippen LogP contribution in [-0.4, -0.2) is 10.4 Å². The molecule has 4 heteroatoms. The smallest absolute Gasteiger partial charge is 0.189 e. The SMILES string of the molecule is CC(=O)c1ccc(-c2ccccc2-n2ccc(=O)c3ccccc32)s1. The summed E-state index contributed by atoms with van der Waals surface area (Å²) in [5.74, 6) is 0.0718. The molecule has 2 heterocycles. The number of fused-ring (bicyclic) bond motifs is 1. The van der Waals surface area contributed by atoms with Crippen LogP contribution in [0.25, 0.3) is 27.0 Å². The fourth-order valence-electron chi connectivity index (χ4n) is 2.98. The second-order valence-corrected chi connectivity index (χ2v) is 6.89. The third kappa shape index (κ3) is 2.71. The van der Waals surface area contributed by atoms with Crippen LogP contribution < -0.4 is 5.43 Å². The molecular formula is C21H15NO2S. The third-order valence-corrected chi connectivity index (χ3v) is 5.41. The number of carbonyl (C=O) groups excluding carboxylic acids is 1. The highest BCUT2D eigenvalue weighted by molar-refractivity contribution is 7.17. The number of hydrogen-bond donors (Lipinski definition) is 0. The van der Waals surface area contributed by atoms with Gasteiger partial charge in [0.15, 0.2) is 11.2 Å². The summed E-state index contributed by atoms with van der Waals surface area (Å²) < 4.78 is 2.03. The van der Waals surface area contributed by atoms with E-state index in [9.17, 15) is 9.59 Å². The van der Waals surface area contributed by atoms with E-state index in [0.717, 1.165) is 26.5 Å². The Bertz CT molecular complexity index is 1150. The van der Waals surface area contributed by atoms with Crippen molar-refractivity contribution in [3.8, 4) is 16.1 Å². The molecule has 0 bridgehead atoms. The van der Waals surface area contributed by atoms with Crippen molar-refractivity contribution in [3.05, 3.63) is 88.0 Å². The van der Waals surface area contributed by atoms with Crippen molar-refractivity contribution < 1.29 is 4.79 Å². The first-order valence-corrected chi connectivity index (χ1v) is 8.78. The summed E-state index contributed by atoms with van der Waals surface area (Å²) in [7, 11) is 0. The summed E-state index contributed by atoms with van der Waals surface area (Å²) in [5.41, 5.74) is 2.90. The molecule has 0 aliphatic carbocycles. The second kappa shape index (κ2) is 6.15. The van der Waals surface area contributed by atoms with Gasteiger partial charge in [-0.2, -0.15) is 0 Å². The fourth-order valence-corrected chi connectivity index (χ4v) is 3.91. The van der Waals surface area contributed by atoms with Gasteiger partial charge in [0.25, 0.3) is 0 Å². The maximum absolute atomic E-state index is 12.1. The zero-order valence-electron chi connectivity index (χ0n) is 13.6. The summed E-state index contributed by atoms with van der Waals surface area (Å²) in [4.78, 5) is 25.6. The van der Waals surface area contributed by atoms with Crippen LogP contribution in [0.3, 0.4) is 0 Å². The molecule has 4 rings (SSSR count). The number of thiophene rings is 1. The van der Waals surface area contributed by atoms with Crippen molar-refractivity contribution in [1.29, 1.82) is 0 Å². The zero-order chi connectivity index (χ0) is 17.4. The predicted octanol–water partition coefficient (Wildman–Crippen LogP) is 4.92. The van der Waals surface area contributed by atoms with Crippen LogP contribution in [0.2, 0.25) is 0 Å². The maximum Gasteiger partial charge on any atom is 0.189 e. The van der Waals surface area contributed by atoms with Crippen molar-refractivity contribution >= 4 is 28.0 Å². The van der Waals surface area contributed by atoms with E-state index in [4.69, 9.17) is 0 Å². The van der Waals surface area contributed by atoms with E-state index >= 15 is 0 Å². The zero-order valence-corrected chi connectivity index (χ0v) is 14.4. The standard InChI is InChI=1S/C21H15NO2S/c1-14(23)20-10-11-21(25-20)16-7-3-5-9-18(16)22-13-12-19(24)15-6-2-4-8-17(15)22/h2-13H,1H3. The minimum atomic E-state index is 0.0133. The van der Waals surface area contributed by atoms with Gasteiger partial charge in [-0.15, -0.1) is 11.3 Å². The van der Waals surface area contributed by atoms with Gasteiger partial charge in [0, 0.05) is 28.1 Å². The Labute approximate surface area is 148 Å². The van der Waals surface area contributed by atoms with Crippen LogP contribution >= 0.6 is 11.3 Å². The summed E-state index contributed by atoms with van der Waals surface area (Å²) in [6.07, 6.45) is 1.81. The van der Waals surface area contributed by atoms with Gasteiger partial charge in [-0.25, -0.2) is 0 Å². The molecule has 0 unspecified atom stereocenters. The molecule has 0 radical (unpaired) electrons. The van der Waals surface area contributed by atoms with E-state index in [1.165, 1.54) is 11.3 Å². The third-order valence-electron chi connectivity index (χ3n) is 4.19. The number of nitrogens with zero attached hydrogens (tertiary/aromatic N) is 1. The fraction of sp³-hybridized carbons (Fsp3) is 0.0476. The van der Waals surface area contributed by atoms with E-state index in [2.05, 4.69) is 0 Å². The Morgan fingerprint density at radius 1 is 0.920 bits per heavy atom. The number of ketones is 1. The first kappa shape index (κ1) is 15.5. The molecule has 122 valence electrons. The maximum atomic E-state index is 12.1. The number of benzene rings is 2. The molecule has 4 aromatic rings. The lowest BCUT2D eigenvalue weighted by molar-refractivity contribution is 0.102. The topological polar surface area (TPSA) is 39.1 Å². The van der Waals surface area contributed by atoms with Crippen LogP contribution in [0.5, 0.6) is 0 Å². The lowest BCUT2D eigenvalue weighted by Gasteiger charge is -2.14. The molecular weight excluding hydrogens is 330 g/mol. The molecule has 0 aliphatic heterocycles. The Morgan fingerprint density at radius 2 is 1.68 bits per heavy atom. The predicted molar refractivity (Wildman–Crippen MR) is 103 cm³/mol. The molecule has 0 amide bonds. The number of Topliss-reactive ketones (excluding diaryl/α,β-unsaturated/α-hetero) is 1. The van der Waals surface area contributed by atoms with E-state index in [1.807, 2.05) is 71.4 Å². The van der Waals surface area contributed by atoms with Gasteiger partial charge in [0.1, 0.15) is 0 Å². The first-order chi connectivity index (χ1) is 12.1. The number of para-hydroxylation sites is 2. The minimum Gasteiger partial charge on any atom is -0.316 e. The second-order valence-electron chi connectivity index (χ2n) is 5.80. The van der Waals surface area contributed by atoms with E-state index in [-0.39, 0.29) is 11.2 Å². The molecule has 3 nitrogen and oxygen atoms in total. The molecule has 0 saturated carbocycles. The van der Waals surface area contributed by atoms with Crippen LogP contribution in [0.15, 0.2) is 77.7 Å². The normalized spacial score (nSPS) is 10.9. The number of carbonyl (C=O) groups is 1. The Hall–Kier alpha value is -2.98. The van der Waals surface area contributed by atoms with Crippen molar-refractivity contribution in [2.24, 2.45) is 0 Å². The van der Waals surface area contributed by atoms with Gasteiger partial charge in [-0.05, 0) is 37.3 Å². The van der Waals surface area contributed by atoms with Gasteiger partial charge < -0.3 is 4.57 Å². The molecule has 0 spiro atoms. The molecule has 0 fully saturated rings. The Morgan fingerprint density at radius 3 is 2.48 bits per heavy atom. The Kier molecular flexibility index (Phi) is 3.82. The van der Waals surface area contributed by atoms with Gasteiger partial charge >= 0.3 is 0 Å². The molecule has 0 saturated heterocycles. The van der Waals surface area contributed by atoms with Crippen molar-refractivity contribution in [3.63, 3.8) is 0 Å². The summed E-state index contributed by atoms with van der Waals surface area (Å²) >= 11 is 1.49. The number of aromatic nitrogens is 1. The quantitative estimate of drug-likeness (QED) is 0.494. The highest BCUT2D eigenvalue weighted by Gasteiger charge is 2.12. The van der Waals surface area contributed by atoms with E-state index in [1.54, 1.807) is 13.0 Å². The molecule has 2 aromatic carbocycles. The lowest BCUT2D eigenvalue weighted by atomic mass is 10.1. The molecule has 0 atom stereocenters. The molecule has 25 heavy (non-hydrogen) atoms. The average molecular weight is 345 g/mol. The highest BCUT2D eigenvalue weighted by Crippen LogP contribution is 2.33. The van der Waals surface area contributed by atoms with Crippen molar-refractivity contribution in [2.45, 2.75) is 6.92 Å². The van der Waals surface area contributed by atoms with Crippen LogP contribution in [0.1, 0.15) is 16.6 Å². The lowest BCUT2D eigenvalue weighted by Crippen LogP contribution is -2.07. The van der Waals surface area contributed by atoms with Gasteiger partial charge in [0.05, 0.1) is 16.1 Å². The van der Waals surface area contributed by atoms with Gasteiger partial charge in [-0.1, -0.05) is 30.3 Å². The largest absolute Gasteiger partial charge is 0.316 e. The van der Waals surface area contributed by atoms with E-state index < -0.39 is 0 Å². The van der Waals surface area contributed by atoms with Crippen molar-refractivity contribution in [1.82, 2.24) is 4.57 Å². The first-order valence-electron chi connectivity index (χ1n) is 7.96. The summed E-state index contributed by atoms with van der Waals surface area (Å²) in [6.45, 7) is 1.58. The number of hydrogen-bond acceptors (Lipinski definition) is 3. The average Bonchev–Trinajstić information content (AvgIpc) is 3.13. The number of rotatable bonds is 3. The monoisotopic (exact) mass is 345 g/mol. The molecule has 2 aromatic heterocycles. The van der Waals surface area contributed by atoms with Gasteiger partial charge in [0.2, 0.25) is 0 Å². The van der Waals surface area contributed by atoms with Crippen LogP contribution in [0, 0.1) is 0 Å². The summed E-state index contributed by atoms with van der Waals surface area (Å²) in [6, 6.07) is 21.1. The highest BCUT2D eigenvalue weighted by atomic mass is 32.1. The van der Waals surface area contributed by atoms with E-state index in [0.29, 0.717) is 5.39 Å². The van der Waals surface area contributed by atoms with Crippen molar-refractivity contribution in [2.75, 3.05) is 0 Å². The molecule has 0 aliphatic rings.